The zero-order valence-corrected chi connectivity index (χ0v) is 10.4. The highest BCUT2D eigenvalue weighted by atomic mass is 31.2. The molecule has 0 aromatic carbocycles. The first-order valence-electron chi connectivity index (χ1n) is 5.04. The monoisotopic (exact) mass is 260 g/mol. The lowest BCUT2D eigenvalue weighted by Crippen LogP contribution is -2.17. The van der Waals surface area contributed by atoms with Crippen molar-refractivity contribution in [3.63, 3.8) is 0 Å². The molecule has 7 nitrogen and oxygen atoms in total. The van der Waals surface area contributed by atoms with Gasteiger partial charge in [-0.05, 0) is 19.9 Å². The van der Waals surface area contributed by atoms with E-state index in [1.807, 2.05) is 0 Å². The summed E-state index contributed by atoms with van der Waals surface area (Å²) in [6.45, 7) is 3.48. The molecule has 0 fully saturated rings. The second-order valence-electron chi connectivity index (χ2n) is 2.94. The number of rotatable bonds is 6. The fraction of sp³-hybridized carbons (Fsp3) is 0.444. The Hall–Kier alpha value is -1.30. The first-order chi connectivity index (χ1) is 8.05. The summed E-state index contributed by atoms with van der Waals surface area (Å²) in [6.07, 6.45) is 1.31. The minimum absolute atomic E-state index is 0.116. The van der Waals surface area contributed by atoms with Crippen LogP contribution in [0.2, 0.25) is 0 Å². The van der Waals surface area contributed by atoms with Gasteiger partial charge in [0, 0.05) is 12.3 Å². The van der Waals surface area contributed by atoms with Crippen molar-refractivity contribution in [1.29, 1.82) is 0 Å². The zero-order valence-electron chi connectivity index (χ0n) is 9.53. The number of hydrogen-bond donors (Lipinski definition) is 0. The number of pyridine rings is 1. The van der Waals surface area contributed by atoms with E-state index in [2.05, 4.69) is 4.98 Å². The third-order valence-electron chi connectivity index (χ3n) is 1.82. The Labute approximate surface area is 98.5 Å². The summed E-state index contributed by atoms with van der Waals surface area (Å²) in [5, 5.41) is 10.8. The van der Waals surface area contributed by atoms with E-state index in [1.54, 1.807) is 13.8 Å². The molecule has 0 spiro atoms. The normalized spacial score (nSPS) is 11.4. The molecule has 1 heterocycles. The molecule has 17 heavy (non-hydrogen) atoms. The van der Waals surface area contributed by atoms with Crippen molar-refractivity contribution in [2.45, 2.75) is 13.8 Å². The van der Waals surface area contributed by atoms with Gasteiger partial charge >= 0.3 is 13.3 Å². The summed E-state index contributed by atoms with van der Waals surface area (Å²) < 4.78 is 22.4. The number of nitrogens with zero attached hydrogens (tertiary/aromatic N) is 2. The molecule has 1 aromatic heterocycles. The van der Waals surface area contributed by atoms with Crippen molar-refractivity contribution in [3.8, 4) is 0 Å². The van der Waals surface area contributed by atoms with Crippen molar-refractivity contribution >= 4 is 18.7 Å². The van der Waals surface area contributed by atoms with Gasteiger partial charge in [0.05, 0.1) is 18.1 Å². The predicted octanol–water partition coefficient (Wildman–Crippen LogP) is 1.88. The molecule has 0 saturated heterocycles. The van der Waals surface area contributed by atoms with Crippen LogP contribution < -0.4 is 5.44 Å². The Morgan fingerprint density at radius 3 is 2.47 bits per heavy atom. The van der Waals surface area contributed by atoms with E-state index in [-0.39, 0.29) is 24.3 Å². The lowest BCUT2D eigenvalue weighted by Gasteiger charge is -2.15. The van der Waals surface area contributed by atoms with Crippen LogP contribution in [0.1, 0.15) is 13.8 Å². The minimum Gasteiger partial charge on any atom is -0.304 e. The van der Waals surface area contributed by atoms with Gasteiger partial charge in [-0.3, -0.25) is 14.7 Å². The van der Waals surface area contributed by atoms with Crippen LogP contribution >= 0.6 is 7.60 Å². The molecule has 8 heteroatoms. The van der Waals surface area contributed by atoms with Crippen LogP contribution in [0.3, 0.4) is 0 Å². The van der Waals surface area contributed by atoms with Crippen LogP contribution in [0.25, 0.3) is 0 Å². The molecule has 0 aliphatic rings. The highest BCUT2D eigenvalue weighted by Gasteiger charge is 2.36. The lowest BCUT2D eigenvalue weighted by molar-refractivity contribution is -0.383. The van der Waals surface area contributed by atoms with E-state index in [0.717, 1.165) is 0 Å². The van der Waals surface area contributed by atoms with Crippen LogP contribution in [0.15, 0.2) is 18.3 Å². The molecule has 1 rings (SSSR count). The quantitative estimate of drug-likeness (QED) is 0.440. The van der Waals surface area contributed by atoms with Crippen LogP contribution in [-0.2, 0) is 13.6 Å². The molecule has 0 radical (unpaired) electrons. The second-order valence-corrected chi connectivity index (χ2v) is 4.87. The second kappa shape index (κ2) is 5.86. The van der Waals surface area contributed by atoms with Crippen molar-refractivity contribution in [1.82, 2.24) is 4.98 Å². The van der Waals surface area contributed by atoms with Gasteiger partial charge in [0.2, 0.25) is 5.44 Å². The summed E-state index contributed by atoms with van der Waals surface area (Å²) in [5.74, 6) is 0. The molecule has 0 aliphatic heterocycles. The SMILES string of the molecule is CCOP(=O)(OCC)c1ncccc1[N+](=O)[O-]. The zero-order chi connectivity index (χ0) is 12.9. The molecule has 94 valence electrons. The van der Waals surface area contributed by atoms with E-state index >= 15 is 0 Å². The standard InChI is InChI=1S/C9H13N2O5P/c1-3-15-17(14,16-4-2)9-8(11(12)13)6-5-7-10-9/h5-7H,3-4H2,1-2H3. The highest BCUT2D eigenvalue weighted by Crippen LogP contribution is 2.48. The summed E-state index contributed by atoms with van der Waals surface area (Å²) >= 11 is 0. The fourth-order valence-corrected chi connectivity index (χ4v) is 2.89. The largest absolute Gasteiger partial charge is 0.386 e. The molecule has 0 unspecified atom stereocenters. The van der Waals surface area contributed by atoms with Gasteiger partial charge in [-0.25, -0.2) is 4.98 Å². The third-order valence-corrected chi connectivity index (χ3v) is 3.88. The fourth-order valence-electron chi connectivity index (χ4n) is 1.24. The molecule has 0 saturated carbocycles. The molecule has 0 atom stereocenters. The number of aromatic nitrogens is 1. The number of nitro groups is 1. The lowest BCUT2D eigenvalue weighted by atomic mass is 10.4. The van der Waals surface area contributed by atoms with Gasteiger partial charge in [0.1, 0.15) is 0 Å². The maximum atomic E-state index is 12.3. The van der Waals surface area contributed by atoms with Gasteiger partial charge in [0.25, 0.3) is 0 Å². The minimum atomic E-state index is -3.72. The highest BCUT2D eigenvalue weighted by molar-refractivity contribution is 7.62. The Balaban J connectivity index is 3.28. The summed E-state index contributed by atoms with van der Waals surface area (Å²) in [5.41, 5.74) is -0.619. The Bertz CT molecular complexity index is 441. The van der Waals surface area contributed by atoms with Crippen LogP contribution in [-0.4, -0.2) is 23.1 Å². The maximum absolute atomic E-state index is 12.3. The Kier molecular flexibility index (Phi) is 4.74. The van der Waals surface area contributed by atoms with Gasteiger partial charge in [-0.2, -0.15) is 0 Å². The Morgan fingerprint density at radius 1 is 1.41 bits per heavy atom. The predicted molar refractivity (Wildman–Crippen MR) is 61.4 cm³/mol. The Morgan fingerprint density at radius 2 is 2.00 bits per heavy atom. The van der Waals surface area contributed by atoms with Gasteiger partial charge in [-0.1, -0.05) is 0 Å². The van der Waals surface area contributed by atoms with Crippen LogP contribution in [0, 0.1) is 10.1 Å². The first kappa shape index (κ1) is 13.8. The maximum Gasteiger partial charge on any atom is 0.386 e. The van der Waals surface area contributed by atoms with Gasteiger partial charge < -0.3 is 9.05 Å². The molecule has 0 amide bonds. The summed E-state index contributed by atoms with van der Waals surface area (Å²) in [6, 6.07) is 2.61. The molecule has 0 bridgehead atoms. The average molecular weight is 260 g/mol. The molecular weight excluding hydrogens is 247 g/mol. The average Bonchev–Trinajstić information content (AvgIpc) is 2.29. The van der Waals surface area contributed by atoms with Crippen LogP contribution in [0.4, 0.5) is 5.69 Å². The van der Waals surface area contributed by atoms with Crippen molar-refractivity contribution in [3.05, 3.63) is 28.4 Å². The van der Waals surface area contributed by atoms with E-state index in [0.29, 0.717) is 0 Å². The van der Waals surface area contributed by atoms with Crippen molar-refractivity contribution in [2.75, 3.05) is 13.2 Å². The van der Waals surface area contributed by atoms with Gasteiger partial charge in [0.15, 0.2) is 0 Å². The van der Waals surface area contributed by atoms with E-state index in [9.17, 15) is 14.7 Å². The van der Waals surface area contributed by atoms with Crippen molar-refractivity contribution < 1.29 is 18.5 Å². The first-order valence-corrected chi connectivity index (χ1v) is 6.58. The number of hydrogen-bond acceptors (Lipinski definition) is 6. The van der Waals surface area contributed by atoms with E-state index < -0.39 is 12.5 Å². The summed E-state index contributed by atoms with van der Waals surface area (Å²) in [4.78, 5) is 13.9. The topological polar surface area (TPSA) is 91.6 Å². The van der Waals surface area contributed by atoms with Crippen molar-refractivity contribution in [2.24, 2.45) is 0 Å². The van der Waals surface area contributed by atoms with Gasteiger partial charge in [-0.15, -0.1) is 0 Å². The third kappa shape index (κ3) is 3.09. The summed E-state index contributed by atoms with van der Waals surface area (Å²) in [7, 11) is -3.72. The molecule has 0 N–H and O–H groups in total. The smallest absolute Gasteiger partial charge is 0.304 e. The molecule has 1 aromatic rings. The van der Waals surface area contributed by atoms with E-state index in [4.69, 9.17) is 9.05 Å². The van der Waals surface area contributed by atoms with Crippen LogP contribution in [0.5, 0.6) is 0 Å². The molecular formula is C9H13N2O5P. The molecule has 0 aliphatic carbocycles. The van der Waals surface area contributed by atoms with E-state index in [1.165, 1.54) is 18.3 Å².